The summed E-state index contributed by atoms with van der Waals surface area (Å²) in [7, 11) is 0. The largest absolute Gasteiger partial charge is 0.327 e. The second kappa shape index (κ2) is 6.80. The third-order valence-electron chi connectivity index (χ3n) is 3.86. The first-order valence-corrected chi connectivity index (χ1v) is 6.88. The summed E-state index contributed by atoms with van der Waals surface area (Å²) in [5, 5.41) is 0. The minimum Gasteiger partial charge on any atom is -0.327 e. The van der Waals surface area contributed by atoms with E-state index in [0.717, 1.165) is 18.8 Å². The third-order valence-corrected chi connectivity index (χ3v) is 3.86. The molecule has 0 spiro atoms. The number of benzene rings is 1. The summed E-state index contributed by atoms with van der Waals surface area (Å²) >= 11 is 0. The number of hydrogen-bond acceptors (Lipinski definition) is 1. The van der Waals surface area contributed by atoms with Gasteiger partial charge in [0.15, 0.2) is 0 Å². The molecule has 96 valence electrons. The quantitative estimate of drug-likeness (QED) is 0.789. The summed E-state index contributed by atoms with van der Waals surface area (Å²) in [5.74, 6) is 0.788. The smallest absolute Gasteiger partial charge is 0.00819 e. The minimum absolute atomic E-state index is 0.307. The first-order chi connectivity index (χ1) is 8.06. The van der Waals surface area contributed by atoms with Crippen molar-refractivity contribution in [1.29, 1.82) is 0 Å². The zero-order chi connectivity index (χ0) is 12.8. The second-order valence-electron chi connectivity index (χ2n) is 5.30. The molecule has 0 aliphatic rings. The van der Waals surface area contributed by atoms with E-state index < -0.39 is 0 Å². The van der Waals surface area contributed by atoms with Crippen molar-refractivity contribution in [3.63, 3.8) is 0 Å². The Morgan fingerprint density at radius 2 is 1.71 bits per heavy atom. The van der Waals surface area contributed by atoms with E-state index in [1.807, 2.05) is 0 Å². The molecule has 0 aromatic heterocycles. The standard InChI is InChI=1S/C16H27N/c1-5-14(6-2)10-16(17)11-15-8-7-12(3)13(4)9-15/h7-9,14,16H,5-6,10-11,17H2,1-4H3. The molecule has 1 nitrogen and oxygen atoms in total. The molecule has 1 atom stereocenters. The van der Waals surface area contributed by atoms with Gasteiger partial charge in [-0.25, -0.2) is 0 Å². The van der Waals surface area contributed by atoms with Crippen molar-refractivity contribution in [3.8, 4) is 0 Å². The highest BCUT2D eigenvalue weighted by atomic mass is 14.6. The van der Waals surface area contributed by atoms with Gasteiger partial charge in [0.05, 0.1) is 0 Å². The van der Waals surface area contributed by atoms with Gasteiger partial charge in [-0.15, -0.1) is 0 Å². The van der Waals surface area contributed by atoms with Crippen LogP contribution in [0.1, 0.15) is 49.8 Å². The Hall–Kier alpha value is -0.820. The Balaban J connectivity index is 2.55. The van der Waals surface area contributed by atoms with E-state index in [-0.39, 0.29) is 0 Å². The van der Waals surface area contributed by atoms with E-state index >= 15 is 0 Å². The summed E-state index contributed by atoms with van der Waals surface area (Å²) in [6.07, 6.45) is 4.66. The maximum atomic E-state index is 6.25. The lowest BCUT2D eigenvalue weighted by Gasteiger charge is -2.18. The summed E-state index contributed by atoms with van der Waals surface area (Å²) < 4.78 is 0. The van der Waals surface area contributed by atoms with Gasteiger partial charge < -0.3 is 5.73 Å². The fourth-order valence-electron chi connectivity index (χ4n) is 2.37. The molecule has 0 bridgehead atoms. The van der Waals surface area contributed by atoms with Crippen molar-refractivity contribution in [2.24, 2.45) is 11.7 Å². The van der Waals surface area contributed by atoms with Crippen LogP contribution in [0.25, 0.3) is 0 Å². The highest BCUT2D eigenvalue weighted by molar-refractivity contribution is 5.30. The Morgan fingerprint density at radius 3 is 2.24 bits per heavy atom. The van der Waals surface area contributed by atoms with Crippen molar-refractivity contribution in [2.45, 2.75) is 59.4 Å². The van der Waals surface area contributed by atoms with Gasteiger partial charge in [0, 0.05) is 6.04 Å². The molecule has 0 fully saturated rings. The fraction of sp³-hybridized carbons (Fsp3) is 0.625. The molecule has 1 heteroatoms. The summed E-state index contributed by atoms with van der Waals surface area (Å²) in [5.41, 5.74) is 10.4. The molecule has 0 saturated heterocycles. The monoisotopic (exact) mass is 233 g/mol. The van der Waals surface area contributed by atoms with Crippen molar-refractivity contribution >= 4 is 0 Å². The molecule has 0 aliphatic carbocycles. The zero-order valence-electron chi connectivity index (χ0n) is 11.8. The maximum Gasteiger partial charge on any atom is 0.00819 e. The van der Waals surface area contributed by atoms with E-state index in [9.17, 15) is 0 Å². The summed E-state index contributed by atoms with van der Waals surface area (Å²) in [6, 6.07) is 7.01. The molecule has 0 heterocycles. The number of aryl methyl sites for hydroxylation is 2. The van der Waals surface area contributed by atoms with Gasteiger partial charge in [-0.2, -0.15) is 0 Å². The van der Waals surface area contributed by atoms with E-state index in [2.05, 4.69) is 45.9 Å². The van der Waals surface area contributed by atoms with E-state index in [4.69, 9.17) is 5.73 Å². The van der Waals surface area contributed by atoms with Crippen molar-refractivity contribution in [1.82, 2.24) is 0 Å². The van der Waals surface area contributed by atoms with Crippen LogP contribution in [0.2, 0.25) is 0 Å². The number of hydrogen-bond donors (Lipinski definition) is 1. The predicted molar refractivity (Wildman–Crippen MR) is 76.3 cm³/mol. The Bertz CT molecular complexity index is 339. The molecule has 0 radical (unpaired) electrons. The first kappa shape index (κ1) is 14.2. The highest BCUT2D eigenvalue weighted by Crippen LogP contribution is 2.17. The average Bonchev–Trinajstić information content (AvgIpc) is 2.31. The maximum absolute atomic E-state index is 6.25. The van der Waals surface area contributed by atoms with E-state index in [0.29, 0.717) is 6.04 Å². The first-order valence-electron chi connectivity index (χ1n) is 6.88. The molecule has 2 N–H and O–H groups in total. The van der Waals surface area contributed by atoms with Crippen LogP contribution < -0.4 is 5.73 Å². The summed E-state index contributed by atoms with van der Waals surface area (Å²) in [4.78, 5) is 0. The molecule has 1 unspecified atom stereocenters. The molecule has 0 aliphatic heterocycles. The van der Waals surface area contributed by atoms with Crippen LogP contribution in [0.4, 0.5) is 0 Å². The van der Waals surface area contributed by atoms with Crippen LogP contribution in [0, 0.1) is 19.8 Å². The van der Waals surface area contributed by atoms with Crippen LogP contribution in [0.3, 0.4) is 0 Å². The molecule has 17 heavy (non-hydrogen) atoms. The molecule has 1 aromatic carbocycles. The van der Waals surface area contributed by atoms with Gasteiger partial charge in [-0.3, -0.25) is 0 Å². The average molecular weight is 233 g/mol. The van der Waals surface area contributed by atoms with Gasteiger partial charge >= 0.3 is 0 Å². The zero-order valence-corrected chi connectivity index (χ0v) is 11.8. The van der Waals surface area contributed by atoms with Gasteiger partial charge in [-0.1, -0.05) is 44.9 Å². The normalized spacial score (nSPS) is 13.1. The molecule has 1 aromatic rings. The van der Waals surface area contributed by atoms with Crippen LogP contribution in [0.15, 0.2) is 18.2 Å². The minimum atomic E-state index is 0.307. The number of nitrogens with two attached hydrogens (primary N) is 1. The van der Waals surface area contributed by atoms with Gasteiger partial charge in [-0.05, 0) is 49.3 Å². The Morgan fingerprint density at radius 1 is 1.06 bits per heavy atom. The highest BCUT2D eigenvalue weighted by Gasteiger charge is 2.11. The lowest BCUT2D eigenvalue weighted by atomic mass is 9.91. The third kappa shape index (κ3) is 4.51. The predicted octanol–water partition coefficient (Wildman–Crippen LogP) is 4.00. The van der Waals surface area contributed by atoms with Crippen molar-refractivity contribution in [3.05, 3.63) is 34.9 Å². The Labute approximate surface area is 106 Å². The SMILES string of the molecule is CCC(CC)CC(N)Cc1ccc(C)c(C)c1. The van der Waals surface area contributed by atoms with Crippen LogP contribution >= 0.6 is 0 Å². The molecule has 1 rings (SSSR count). The van der Waals surface area contributed by atoms with Crippen molar-refractivity contribution < 1.29 is 0 Å². The lowest BCUT2D eigenvalue weighted by molar-refractivity contribution is 0.407. The summed E-state index contributed by atoms with van der Waals surface area (Å²) in [6.45, 7) is 8.85. The van der Waals surface area contributed by atoms with Crippen molar-refractivity contribution in [2.75, 3.05) is 0 Å². The van der Waals surface area contributed by atoms with E-state index in [1.165, 1.54) is 29.5 Å². The molecular weight excluding hydrogens is 206 g/mol. The van der Waals surface area contributed by atoms with Crippen LogP contribution in [-0.4, -0.2) is 6.04 Å². The fourth-order valence-corrected chi connectivity index (χ4v) is 2.37. The molecular formula is C16H27N. The lowest BCUT2D eigenvalue weighted by Crippen LogP contribution is -2.25. The van der Waals surface area contributed by atoms with E-state index in [1.54, 1.807) is 0 Å². The van der Waals surface area contributed by atoms with Gasteiger partial charge in [0.25, 0.3) is 0 Å². The van der Waals surface area contributed by atoms with Gasteiger partial charge in [0.2, 0.25) is 0 Å². The van der Waals surface area contributed by atoms with Crippen LogP contribution in [-0.2, 0) is 6.42 Å². The second-order valence-corrected chi connectivity index (χ2v) is 5.30. The molecule has 0 saturated carbocycles. The van der Waals surface area contributed by atoms with Gasteiger partial charge in [0.1, 0.15) is 0 Å². The topological polar surface area (TPSA) is 26.0 Å². The van der Waals surface area contributed by atoms with Crippen LogP contribution in [0.5, 0.6) is 0 Å². The molecule has 0 amide bonds. The number of rotatable bonds is 6. The Kier molecular flexibility index (Phi) is 5.70.